The maximum absolute atomic E-state index is 5.91. The van der Waals surface area contributed by atoms with E-state index in [2.05, 4.69) is 27.0 Å². The van der Waals surface area contributed by atoms with Crippen molar-refractivity contribution in [2.75, 3.05) is 19.8 Å². The molecule has 2 N–H and O–H groups in total. The molecule has 0 spiro atoms. The van der Waals surface area contributed by atoms with Gasteiger partial charge in [-0.3, -0.25) is 4.98 Å². The first-order valence-electron chi connectivity index (χ1n) is 5.61. The van der Waals surface area contributed by atoms with Gasteiger partial charge in [-0.15, -0.1) is 0 Å². The van der Waals surface area contributed by atoms with Crippen molar-refractivity contribution in [2.24, 2.45) is 11.1 Å². The van der Waals surface area contributed by atoms with Crippen LogP contribution in [0.3, 0.4) is 0 Å². The lowest BCUT2D eigenvalue weighted by atomic mass is 9.77. The molecule has 1 unspecified atom stereocenters. The minimum atomic E-state index is 0.112. The van der Waals surface area contributed by atoms with E-state index in [1.165, 1.54) is 5.56 Å². The maximum Gasteiger partial charge on any atom is 0.0537 e. The second-order valence-electron chi connectivity index (χ2n) is 4.55. The van der Waals surface area contributed by atoms with E-state index in [1.54, 1.807) is 6.20 Å². The third-order valence-corrected chi connectivity index (χ3v) is 3.61. The molecule has 1 aliphatic heterocycles. The standard InChI is InChI=1S/C12H17BrN2O/c13-11-4-10(6-15-7-11)5-12(8-14)2-1-3-16-9-12/h4,6-7H,1-3,5,8-9,14H2. The Kier molecular flexibility index (Phi) is 3.95. The van der Waals surface area contributed by atoms with Crippen LogP contribution >= 0.6 is 15.9 Å². The minimum Gasteiger partial charge on any atom is -0.381 e. The van der Waals surface area contributed by atoms with Crippen molar-refractivity contribution >= 4 is 15.9 Å². The average molecular weight is 285 g/mol. The van der Waals surface area contributed by atoms with E-state index in [-0.39, 0.29) is 5.41 Å². The SMILES string of the molecule is NCC1(Cc2cncc(Br)c2)CCCOC1. The van der Waals surface area contributed by atoms with Gasteiger partial charge in [0.2, 0.25) is 0 Å². The zero-order chi connectivity index (χ0) is 11.4. The number of rotatable bonds is 3. The summed E-state index contributed by atoms with van der Waals surface area (Å²) in [4.78, 5) is 4.19. The van der Waals surface area contributed by atoms with Gasteiger partial charge >= 0.3 is 0 Å². The molecule has 0 bridgehead atoms. The van der Waals surface area contributed by atoms with Gasteiger partial charge in [0.15, 0.2) is 0 Å². The molecule has 1 atom stereocenters. The molecule has 1 aromatic rings. The zero-order valence-electron chi connectivity index (χ0n) is 9.29. The first kappa shape index (κ1) is 12.0. The number of nitrogens with two attached hydrogens (primary N) is 1. The minimum absolute atomic E-state index is 0.112. The molecule has 0 radical (unpaired) electrons. The van der Waals surface area contributed by atoms with Crippen LogP contribution in [0, 0.1) is 5.41 Å². The second kappa shape index (κ2) is 5.25. The first-order valence-corrected chi connectivity index (χ1v) is 6.41. The average Bonchev–Trinajstić information content (AvgIpc) is 2.30. The Balaban J connectivity index is 2.11. The molecule has 1 saturated heterocycles. The number of halogens is 1. The number of hydrogen-bond donors (Lipinski definition) is 1. The smallest absolute Gasteiger partial charge is 0.0537 e. The van der Waals surface area contributed by atoms with Gasteiger partial charge in [-0.1, -0.05) is 0 Å². The summed E-state index contributed by atoms with van der Waals surface area (Å²) in [6, 6.07) is 2.11. The van der Waals surface area contributed by atoms with Crippen LogP contribution in [0.4, 0.5) is 0 Å². The second-order valence-corrected chi connectivity index (χ2v) is 5.46. The van der Waals surface area contributed by atoms with Crippen molar-refractivity contribution in [3.05, 3.63) is 28.5 Å². The van der Waals surface area contributed by atoms with Gasteiger partial charge in [-0.2, -0.15) is 0 Å². The topological polar surface area (TPSA) is 48.1 Å². The molecule has 16 heavy (non-hydrogen) atoms. The highest BCUT2D eigenvalue weighted by Crippen LogP contribution is 2.31. The van der Waals surface area contributed by atoms with E-state index in [0.717, 1.165) is 36.9 Å². The molecule has 3 nitrogen and oxygen atoms in total. The van der Waals surface area contributed by atoms with E-state index >= 15 is 0 Å². The molecule has 2 heterocycles. The van der Waals surface area contributed by atoms with Crippen LogP contribution in [0.1, 0.15) is 18.4 Å². The van der Waals surface area contributed by atoms with Gasteiger partial charge < -0.3 is 10.5 Å². The quantitative estimate of drug-likeness (QED) is 0.925. The van der Waals surface area contributed by atoms with Crippen LogP contribution < -0.4 is 5.73 Å². The Morgan fingerprint density at radius 3 is 3.00 bits per heavy atom. The van der Waals surface area contributed by atoms with Crippen molar-refractivity contribution in [1.82, 2.24) is 4.98 Å². The van der Waals surface area contributed by atoms with Crippen LogP contribution in [0.15, 0.2) is 22.9 Å². The van der Waals surface area contributed by atoms with Gasteiger partial charge in [-0.05, 0) is 46.8 Å². The van der Waals surface area contributed by atoms with E-state index < -0.39 is 0 Å². The number of hydrogen-bond acceptors (Lipinski definition) is 3. The van der Waals surface area contributed by atoms with Crippen molar-refractivity contribution in [1.29, 1.82) is 0 Å². The molecule has 1 aromatic heterocycles. The van der Waals surface area contributed by atoms with Crippen molar-refractivity contribution in [2.45, 2.75) is 19.3 Å². The Labute approximate surface area is 105 Å². The van der Waals surface area contributed by atoms with E-state index in [4.69, 9.17) is 10.5 Å². The Bertz CT molecular complexity index is 351. The summed E-state index contributed by atoms with van der Waals surface area (Å²) in [7, 11) is 0. The largest absolute Gasteiger partial charge is 0.381 e. The third-order valence-electron chi connectivity index (χ3n) is 3.18. The number of ether oxygens (including phenoxy) is 1. The fraction of sp³-hybridized carbons (Fsp3) is 0.583. The van der Waals surface area contributed by atoms with Crippen molar-refractivity contribution in [3.8, 4) is 0 Å². The van der Waals surface area contributed by atoms with Gasteiger partial charge in [0, 0.05) is 35.4 Å². The molecule has 1 aliphatic rings. The van der Waals surface area contributed by atoms with Gasteiger partial charge in [-0.25, -0.2) is 0 Å². The fourth-order valence-corrected chi connectivity index (χ4v) is 2.68. The number of pyridine rings is 1. The molecule has 0 aromatic carbocycles. The van der Waals surface area contributed by atoms with Crippen LogP contribution in [0.25, 0.3) is 0 Å². The Morgan fingerprint density at radius 2 is 2.38 bits per heavy atom. The molecule has 1 fully saturated rings. The molecule has 0 aliphatic carbocycles. The summed E-state index contributed by atoms with van der Waals surface area (Å²) < 4.78 is 6.59. The van der Waals surface area contributed by atoms with Crippen LogP contribution in [-0.4, -0.2) is 24.7 Å². The monoisotopic (exact) mass is 284 g/mol. The molecular formula is C12H17BrN2O. The Morgan fingerprint density at radius 1 is 1.50 bits per heavy atom. The molecule has 0 amide bonds. The molecular weight excluding hydrogens is 268 g/mol. The fourth-order valence-electron chi connectivity index (χ4n) is 2.27. The van der Waals surface area contributed by atoms with Crippen molar-refractivity contribution in [3.63, 3.8) is 0 Å². The maximum atomic E-state index is 5.91. The summed E-state index contributed by atoms with van der Waals surface area (Å²) in [5, 5.41) is 0. The lowest BCUT2D eigenvalue weighted by molar-refractivity contribution is -0.00268. The van der Waals surface area contributed by atoms with E-state index in [1.807, 2.05) is 6.20 Å². The predicted molar refractivity (Wildman–Crippen MR) is 67.2 cm³/mol. The first-order chi connectivity index (χ1) is 7.74. The third kappa shape index (κ3) is 2.81. The van der Waals surface area contributed by atoms with Crippen LogP contribution in [-0.2, 0) is 11.2 Å². The summed E-state index contributed by atoms with van der Waals surface area (Å²) in [6.07, 6.45) is 6.93. The molecule has 0 saturated carbocycles. The molecule has 2 rings (SSSR count). The van der Waals surface area contributed by atoms with E-state index in [0.29, 0.717) is 6.54 Å². The van der Waals surface area contributed by atoms with Crippen molar-refractivity contribution < 1.29 is 4.74 Å². The number of aromatic nitrogens is 1. The predicted octanol–water partition coefficient (Wildman–Crippen LogP) is 2.14. The lowest BCUT2D eigenvalue weighted by Gasteiger charge is -2.36. The normalized spacial score (nSPS) is 25.6. The van der Waals surface area contributed by atoms with E-state index in [9.17, 15) is 0 Å². The highest BCUT2D eigenvalue weighted by Gasteiger charge is 2.31. The number of nitrogens with zero attached hydrogens (tertiary/aromatic N) is 1. The summed E-state index contributed by atoms with van der Waals surface area (Å²) >= 11 is 3.44. The van der Waals surface area contributed by atoms with Gasteiger partial charge in [0.05, 0.1) is 6.61 Å². The zero-order valence-corrected chi connectivity index (χ0v) is 10.9. The summed E-state index contributed by atoms with van der Waals surface area (Å²) in [6.45, 7) is 2.33. The Hall–Kier alpha value is -0.450. The van der Waals surface area contributed by atoms with Crippen LogP contribution in [0.5, 0.6) is 0 Å². The lowest BCUT2D eigenvalue weighted by Crippen LogP contribution is -2.40. The summed E-state index contributed by atoms with van der Waals surface area (Å²) in [5.74, 6) is 0. The molecule has 4 heteroatoms. The van der Waals surface area contributed by atoms with Crippen LogP contribution in [0.2, 0.25) is 0 Å². The van der Waals surface area contributed by atoms with Gasteiger partial charge in [0.25, 0.3) is 0 Å². The highest BCUT2D eigenvalue weighted by molar-refractivity contribution is 9.10. The summed E-state index contributed by atoms with van der Waals surface area (Å²) in [5.41, 5.74) is 7.25. The van der Waals surface area contributed by atoms with Gasteiger partial charge in [0.1, 0.15) is 0 Å². The molecule has 88 valence electrons. The highest BCUT2D eigenvalue weighted by atomic mass is 79.9.